The Morgan fingerprint density at radius 3 is 2.40 bits per heavy atom. The Morgan fingerprint density at radius 1 is 1.03 bits per heavy atom. The van der Waals surface area contributed by atoms with Crippen LogP contribution in [0.3, 0.4) is 0 Å². The van der Waals surface area contributed by atoms with Gasteiger partial charge in [0.1, 0.15) is 6.04 Å². The van der Waals surface area contributed by atoms with E-state index in [4.69, 9.17) is 5.73 Å². The summed E-state index contributed by atoms with van der Waals surface area (Å²) >= 11 is 0. The summed E-state index contributed by atoms with van der Waals surface area (Å²) in [6.07, 6.45) is 4.70. The minimum absolute atomic E-state index is 0.0729. The van der Waals surface area contributed by atoms with E-state index in [-0.39, 0.29) is 23.9 Å². The summed E-state index contributed by atoms with van der Waals surface area (Å²) in [5.41, 5.74) is 8.52. The second kappa shape index (κ2) is 10.5. The highest BCUT2D eigenvalue weighted by atomic mass is 16.2. The second-order valence-electron chi connectivity index (χ2n) is 10.7. The summed E-state index contributed by atoms with van der Waals surface area (Å²) in [7, 11) is 0. The van der Waals surface area contributed by atoms with Crippen LogP contribution in [0.25, 0.3) is 0 Å². The molecule has 2 aromatic rings. The molecule has 6 nitrogen and oxygen atoms in total. The van der Waals surface area contributed by atoms with Gasteiger partial charge in [0.15, 0.2) is 0 Å². The molecule has 3 N–H and O–H groups in total. The number of carbonyl (C=O) groups excluding carboxylic acids is 2. The van der Waals surface area contributed by atoms with E-state index >= 15 is 0 Å². The Labute approximate surface area is 208 Å². The first-order valence-electron chi connectivity index (χ1n) is 13.2. The maximum Gasteiger partial charge on any atom is 0.245 e. The molecule has 6 heteroatoms. The molecule has 5 rings (SSSR count). The number of rotatable bonds is 6. The van der Waals surface area contributed by atoms with Gasteiger partial charge in [-0.1, -0.05) is 60.7 Å². The lowest BCUT2D eigenvalue weighted by Gasteiger charge is -2.34. The number of amides is 2. The van der Waals surface area contributed by atoms with Crippen LogP contribution in [-0.2, 0) is 9.59 Å². The van der Waals surface area contributed by atoms with Crippen molar-refractivity contribution < 1.29 is 9.59 Å². The summed E-state index contributed by atoms with van der Waals surface area (Å²) in [5.74, 6) is 0.711. The van der Waals surface area contributed by atoms with Gasteiger partial charge in [-0.25, -0.2) is 0 Å². The summed E-state index contributed by atoms with van der Waals surface area (Å²) in [6, 6.07) is 20.7. The van der Waals surface area contributed by atoms with Crippen LogP contribution in [-0.4, -0.2) is 65.4 Å². The molecule has 3 saturated heterocycles. The van der Waals surface area contributed by atoms with Gasteiger partial charge in [-0.15, -0.1) is 0 Å². The van der Waals surface area contributed by atoms with Gasteiger partial charge in [0.2, 0.25) is 11.8 Å². The average molecular weight is 475 g/mol. The van der Waals surface area contributed by atoms with Gasteiger partial charge in [-0.2, -0.15) is 0 Å². The number of carbonyl (C=O) groups is 2. The van der Waals surface area contributed by atoms with E-state index in [2.05, 4.69) is 75.8 Å². The fraction of sp³-hybridized carbons (Fsp3) is 0.517. The lowest BCUT2D eigenvalue weighted by molar-refractivity contribution is -0.138. The number of hydrogen-bond acceptors (Lipinski definition) is 4. The highest BCUT2D eigenvalue weighted by Crippen LogP contribution is 2.42. The maximum absolute atomic E-state index is 13.9. The Morgan fingerprint density at radius 2 is 1.71 bits per heavy atom. The van der Waals surface area contributed by atoms with Gasteiger partial charge < -0.3 is 20.9 Å². The Bertz CT molecular complexity index is 1010. The minimum atomic E-state index is -0.618. The second-order valence-corrected chi connectivity index (χ2v) is 10.7. The van der Waals surface area contributed by atoms with Crippen LogP contribution >= 0.6 is 0 Å². The van der Waals surface area contributed by atoms with E-state index in [0.717, 1.165) is 45.3 Å². The molecule has 0 bridgehead atoms. The SMILES string of the molecule is CC(N)C(=O)N[C@H]1CCCC2[C@@H](c3ccccc3)C[C@@H](CN3CCC(c4ccccc4)C3)N2C1=O. The van der Waals surface area contributed by atoms with Crippen molar-refractivity contribution in [3.63, 3.8) is 0 Å². The van der Waals surface area contributed by atoms with Crippen molar-refractivity contribution in [3.05, 3.63) is 71.8 Å². The van der Waals surface area contributed by atoms with Gasteiger partial charge in [0, 0.05) is 31.1 Å². The predicted molar refractivity (Wildman–Crippen MR) is 138 cm³/mol. The smallest absolute Gasteiger partial charge is 0.245 e. The fourth-order valence-corrected chi connectivity index (χ4v) is 6.50. The molecule has 6 atom stereocenters. The molecule has 3 aliphatic rings. The van der Waals surface area contributed by atoms with E-state index in [1.54, 1.807) is 6.92 Å². The Kier molecular flexibility index (Phi) is 7.21. The van der Waals surface area contributed by atoms with Gasteiger partial charge in [-0.05, 0) is 62.6 Å². The molecule has 186 valence electrons. The summed E-state index contributed by atoms with van der Waals surface area (Å²) < 4.78 is 0. The number of nitrogens with zero attached hydrogens (tertiary/aromatic N) is 2. The highest BCUT2D eigenvalue weighted by Gasteiger charge is 2.48. The van der Waals surface area contributed by atoms with Crippen molar-refractivity contribution in [2.24, 2.45) is 5.73 Å². The quantitative estimate of drug-likeness (QED) is 0.674. The first-order chi connectivity index (χ1) is 17.0. The van der Waals surface area contributed by atoms with E-state index in [1.807, 2.05) is 0 Å². The third kappa shape index (κ3) is 5.14. The number of nitrogens with one attached hydrogen (secondary N) is 1. The number of likely N-dealkylation sites (tertiary alicyclic amines) is 1. The van der Waals surface area contributed by atoms with Crippen LogP contribution in [0.5, 0.6) is 0 Å². The van der Waals surface area contributed by atoms with E-state index in [1.165, 1.54) is 11.1 Å². The van der Waals surface area contributed by atoms with Crippen LogP contribution in [0.1, 0.15) is 62.0 Å². The molecule has 0 aromatic heterocycles. The van der Waals surface area contributed by atoms with E-state index < -0.39 is 12.1 Å². The van der Waals surface area contributed by atoms with Gasteiger partial charge >= 0.3 is 0 Å². The highest BCUT2D eigenvalue weighted by molar-refractivity contribution is 5.90. The number of nitrogens with two attached hydrogens (primary N) is 1. The normalized spacial score (nSPS) is 30.1. The maximum atomic E-state index is 13.9. The zero-order valence-electron chi connectivity index (χ0n) is 20.7. The van der Waals surface area contributed by atoms with Crippen LogP contribution in [0.2, 0.25) is 0 Å². The predicted octanol–water partition coefficient (Wildman–Crippen LogP) is 3.25. The van der Waals surface area contributed by atoms with Crippen LogP contribution in [0, 0.1) is 0 Å². The van der Waals surface area contributed by atoms with Crippen molar-refractivity contribution in [3.8, 4) is 0 Å². The third-order valence-corrected chi connectivity index (χ3v) is 8.26. The summed E-state index contributed by atoms with van der Waals surface area (Å²) in [5, 5.41) is 2.95. The largest absolute Gasteiger partial charge is 0.343 e. The Hall–Kier alpha value is -2.70. The molecule has 3 aliphatic heterocycles. The molecule has 0 aliphatic carbocycles. The zero-order valence-corrected chi connectivity index (χ0v) is 20.7. The molecule has 0 saturated carbocycles. The van der Waals surface area contributed by atoms with Crippen molar-refractivity contribution in [1.82, 2.24) is 15.1 Å². The lowest BCUT2D eigenvalue weighted by atomic mass is 9.88. The Balaban J connectivity index is 1.36. The molecule has 0 spiro atoms. The molecule has 3 unspecified atom stereocenters. The number of benzene rings is 2. The lowest BCUT2D eigenvalue weighted by Crippen LogP contribution is -2.55. The number of fused-ring (bicyclic) bond motifs is 1. The summed E-state index contributed by atoms with van der Waals surface area (Å²) in [4.78, 5) is 30.9. The molecule has 3 heterocycles. The van der Waals surface area contributed by atoms with Gasteiger partial charge in [-0.3, -0.25) is 9.59 Å². The van der Waals surface area contributed by atoms with Gasteiger partial charge in [0.05, 0.1) is 6.04 Å². The van der Waals surface area contributed by atoms with E-state index in [0.29, 0.717) is 18.3 Å². The third-order valence-electron chi connectivity index (χ3n) is 8.26. The van der Waals surface area contributed by atoms with Crippen molar-refractivity contribution in [2.75, 3.05) is 19.6 Å². The van der Waals surface area contributed by atoms with Crippen LogP contribution in [0.15, 0.2) is 60.7 Å². The molecule has 35 heavy (non-hydrogen) atoms. The topological polar surface area (TPSA) is 78.7 Å². The minimum Gasteiger partial charge on any atom is -0.343 e. The molecular weight excluding hydrogens is 436 g/mol. The molecular formula is C29H38N4O2. The number of hydrogen-bond donors (Lipinski definition) is 2. The standard InChI is InChI=1S/C29H38N4O2/c1-20(30)28(34)31-26-13-8-14-27-25(22-11-6-3-7-12-22)17-24(33(27)29(26)35)19-32-16-15-23(18-32)21-9-4-2-5-10-21/h2-7,9-12,20,23-27H,8,13-19,30H2,1H3,(H,31,34)/t20?,23?,24-,25+,26-,27?/m0/s1. The monoisotopic (exact) mass is 474 g/mol. The van der Waals surface area contributed by atoms with Crippen LogP contribution in [0.4, 0.5) is 0 Å². The summed E-state index contributed by atoms with van der Waals surface area (Å²) in [6.45, 7) is 4.65. The molecule has 0 radical (unpaired) electrons. The van der Waals surface area contributed by atoms with E-state index in [9.17, 15) is 9.59 Å². The van der Waals surface area contributed by atoms with Gasteiger partial charge in [0.25, 0.3) is 0 Å². The van der Waals surface area contributed by atoms with Crippen molar-refractivity contribution in [2.45, 2.75) is 75.0 Å². The van der Waals surface area contributed by atoms with Crippen molar-refractivity contribution >= 4 is 11.8 Å². The zero-order chi connectivity index (χ0) is 24.4. The fourth-order valence-electron chi connectivity index (χ4n) is 6.50. The molecule has 2 amide bonds. The average Bonchev–Trinajstić information content (AvgIpc) is 3.45. The van der Waals surface area contributed by atoms with Crippen LogP contribution < -0.4 is 11.1 Å². The molecule has 3 fully saturated rings. The van der Waals surface area contributed by atoms with Crippen molar-refractivity contribution in [1.29, 1.82) is 0 Å². The molecule has 2 aromatic carbocycles. The first-order valence-corrected chi connectivity index (χ1v) is 13.2. The first kappa shape index (κ1) is 24.0.